The van der Waals surface area contributed by atoms with Crippen molar-refractivity contribution < 1.29 is 14.3 Å². The highest BCUT2D eigenvalue weighted by atomic mass is 16.5. The summed E-state index contributed by atoms with van der Waals surface area (Å²) in [6.45, 7) is 4.38. The van der Waals surface area contributed by atoms with Gasteiger partial charge in [0.1, 0.15) is 12.4 Å². The van der Waals surface area contributed by atoms with E-state index in [0.29, 0.717) is 19.6 Å². The van der Waals surface area contributed by atoms with Gasteiger partial charge in [-0.05, 0) is 42.7 Å². The van der Waals surface area contributed by atoms with Crippen molar-refractivity contribution in [3.8, 4) is 5.75 Å². The van der Waals surface area contributed by atoms with E-state index in [9.17, 15) is 9.59 Å². The van der Waals surface area contributed by atoms with Crippen molar-refractivity contribution in [3.63, 3.8) is 0 Å². The molecular formula is C20H22N2O3. The zero-order valence-corrected chi connectivity index (χ0v) is 14.5. The average molecular weight is 338 g/mol. The molecule has 3 rings (SSSR count). The highest BCUT2D eigenvalue weighted by molar-refractivity contribution is 5.89. The van der Waals surface area contributed by atoms with Crippen LogP contribution in [0.15, 0.2) is 42.5 Å². The lowest BCUT2D eigenvalue weighted by molar-refractivity contribution is -0.126. The van der Waals surface area contributed by atoms with E-state index < -0.39 is 0 Å². The molecule has 25 heavy (non-hydrogen) atoms. The second-order valence-electron chi connectivity index (χ2n) is 6.42. The number of rotatable bonds is 4. The predicted octanol–water partition coefficient (Wildman–Crippen LogP) is 2.82. The number of benzene rings is 2. The van der Waals surface area contributed by atoms with Crippen LogP contribution in [0, 0.1) is 12.8 Å². The van der Waals surface area contributed by atoms with Gasteiger partial charge in [-0.3, -0.25) is 9.59 Å². The number of carbonyl (C=O) groups is 2. The zero-order valence-electron chi connectivity index (χ0n) is 14.5. The number of nitrogens with one attached hydrogen (secondary N) is 2. The number of carbonyl (C=O) groups excluding carboxylic acids is 2. The van der Waals surface area contributed by atoms with Gasteiger partial charge in [0.25, 0.3) is 0 Å². The molecule has 5 heteroatoms. The third-order valence-electron chi connectivity index (χ3n) is 4.25. The molecule has 0 saturated carbocycles. The maximum absolute atomic E-state index is 12.5. The summed E-state index contributed by atoms with van der Waals surface area (Å²) < 4.78 is 5.71. The van der Waals surface area contributed by atoms with Crippen LogP contribution in [0.4, 0.5) is 5.69 Å². The Bertz CT molecular complexity index is 784. The monoisotopic (exact) mass is 338 g/mol. The van der Waals surface area contributed by atoms with Crippen LogP contribution in [0.5, 0.6) is 5.75 Å². The molecule has 0 aliphatic carbocycles. The Kier molecular flexibility index (Phi) is 5.03. The Balaban J connectivity index is 1.61. The number of amides is 2. The normalized spacial score (nSPS) is 15.7. The van der Waals surface area contributed by atoms with Crippen molar-refractivity contribution >= 4 is 17.5 Å². The van der Waals surface area contributed by atoms with E-state index in [1.54, 1.807) is 6.07 Å². The summed E-state index contributed by atoms with van der Waals surface area (Å²) in [7, 11) is 0. The summed E-state index contributed by atoms with van der Waals surface area (Å²) in [5, 5.41) is 5.73. The second kappa shape index (κ2) is 7.38. The third kappa shape index (κ3) is 4.38. The Morgan fingerprint density at radius 1 is 1.16 bits per heavy atom. The van der Waals surface area contributed by atoms with Crippen LogP contribution < -0.4 is 15.4 Å². The van der Waals surface area contributed by atoms with E-state index in [0.717, 1.165) is 22.6 Å². The van der Waals surface area contributed by atoms with Gasteiger partial charge in [-0.15, -0.1) is 0 Å². The van der Waals surface area contributed by atoms with Gasteiger partial charge in [0.2, 0.25) is 11.8 Å². The average Bonchev–Trinajstić information content (AvgIpc) is 2.60. The van der Waals surface area contributed by atoms with Gasteiger partial charge in [-0.2, -0.15) is 0 Å². The maximum Gasteiger partial charge on any atom is 0.227 e. The summed E-state index contributed by atoms with van der Waals surface area (Å²) in [5.74, 6) is 0.405. The van der Waals surface area contributed by atoms with Crippen molar-refractivity contribution in [2.45, 2.75) is 26.8 Å². The van der Waals surface area contributed by atoms with Crippen LogP contribution in [0.25, 0.3) is 0 Å². The molecule has 0 fully saturated rings. The van der Waals surface area contributed by atoms with Crippen molar-refractivity contribution in [3.05, 3.63) is 59.2 Å². The van der Waals surface area contributed by atoms with Crippen molar-refractivity contribution in [2.24, 2.45) is 5.92 Å². The largest absolute Gasteiger partial charge is 0.492 e. The first-order chi connectivity index (χ1) is 12.0. The molecule has 1 heterocycles. The van der Waals surface area contributed by atoms with Crippen LogP contribution in [0.3, 0.4) is 0 Å². The predicted molar refractivity (Wildman–Crippen MR) is 96.5 cm³/mol. The third-order valence-corrected chi connectivity index (χ3v) is 4.25. The van der Waals surface area contributed by atoms with Gasteiger partial charge in [-0.1, -0.05) is 29.8 Å². The molecule has 0 unspecified atom stereocenters. The van der Waals surface area contributed by atoms with Gasteiger partial charge in [-0.25, -0.2) is 0 Å². The van der Waals surface area contributed by atoms with Gasteiger partial charge < -0.3 is 15.4 Å². The zero-order chi connectivity index (χ0) is 17.8. The van der Waals surface area contributed by atoms with Crippen molar-refractivity contribution in [1.82, 2.24) is 5.32 Å². The fourth-order valence-electron chi connectivity index (χ4n) is 2.88. The number of anilines is 1. The van der Waals surface area contributed by atoms with Crippen LogP contribution in [0.2, 0.25) is 0 Å². The SMILES string of the molecule is CC(=O)Nc1ccc2c(c1)C[C@@H](C(=O)NCc1ccc(C)cc1)CO2. The van der Waals surface area contributed by atoms with Gasteiger partial charge in [0.05, 0.1) is 5.92 Å². The molecule has 2 aromatic rings. The molecule has 0 bridgehead atoms. The first kappa shape index (κ1) is 17.0. The van der Waals surface area contributed by atoms with Crippen LogP contribution >= 0.6 is 0 Å². The molecule has 1 aliphatic heterocycles. The molecule has 0 radical (unpaired) electrons. The summed E-state index contributed by atoms with van der Waals surface area (Å²) in [6.07, 6.45) is 0.600. The summed E-state index contributed by atoms with van der Waals surface area (Å²) in [5.41, 5.74) is 3.93. The molecule has 2 N–H and O–H groups in total. The Morgan fingerprint density at radius 2 is 1.92 bits per heavy atom. The summed E-state index contributed by atoms with van der Waals surface area (Å²) in [4.78, 5) is 23.6. The number of ether oxygens (including phenoxy) is 1. The Hall–Kier alpha value is -2.82. The van der Waals surface area contributed by atoms with Crippen LogP contribution in [0.1, 0.15) is 23.6 Å². The molecule has 0 spiro atoms. The fraction of sp³-hybridized carbons (Fsp3) is 0.300. The van der Waals surface area contributed by atoms with E-state index in [2.05, 4.69) is 10.6 Å². The van der Waals surface area contributed by atoms with E-state index in [1.807, 2.05) is 43.3 Å². The van der Waals surface area contributed by atoms with Crippen molar-refractivity contribution in [2.75, 3.05) is 11.9 Å². The van der Waals surface area contributed by atoms with E-state index >= 15 is 0 Å². The minimum Gasteiger partial charge on any atom is -0.492 e. The Morgan fingerprint density at radius 3 is 2.64 bits per heavy atom. The number of aryl methyl sites for hydroxylation is 1. The summed E-state index contributed by atoms with van der Waals surface area (Å²) in [6, 6.07) is 13.6. The van der Waals surface area contributed by atoms with E-state index in [1.165, 1.54) is 12.5 Å². The minimum atomic E-state index is -0.231. The number of hydrogen-bond acceptors (Lipinski definition) is 3. The molecule has 2 aromatic carbocycles. The second-order valence-corrected chi connectivity index (χ2v) is 6.42. The minimum absolute atomic E-state index is 0.0174. The van der Waals surface area contributed by atoms with E-state index in [-0.39, 0.29) is 17.7 Å². The molecule has 0 aromatic heterocycles. The lowest BCUT2D eigenvalue weighted by atomic mass is 9.95. The van der Waals surface area contributed by atoms with Gasteiger partial charge in [0.15, 0.2) is 0 Å². The summed E-state index contributed by atoms with van der Waals surface area (Å²) >= 11 is 0. The highest BCUT2D eigenvalue weighted by Crippen LogP contribution is 2.30. The molecule has 2 amide bonds. The molecule has 0 saturated heterocycles. The van der Waals surface area contributed by atoms with Gasteiger partial charge in [0, 0.05) is 19.2 Å². The van der Waals surface area contributed by atoms with Crippen LogP contribution in [-0.4, -0.2) is 18.4 Å². The molecule has 1 aliphatic rings. The molecule has 130 valence electrons. The van der Waals surface area contributed by atoms with Crippen LogP contribution in [-0.2, 0) is 22.6 Å². The first-order valence-electron chi connectivity index (χ1n) is 8.38. The highest BCUT2D eigenvalue weighted by Gasteiger charge is 2.26. The molecule has 1 atom stereocenters. The lowest BCUT2D eigenvalue weighted by Gasteiger charge is -2.25. The Labute approximate surface area is 147 Å². The molecular weight excluding hydrogens is 316 g/mol. The lowest BCUT2D eigenvalue weighted by Crippen LogP contribution is -2.37. The van der Waals surface area contributed by atoms with Gasteiger partial charge >= 0.3 is 0 Å². The van der Waals surface area contributed by atoms with Crippen molar-refractivity contribution in [1.29, 1.82) is 0 Å². The standard InChI is InChI=1S/C20H22N2O3/c1-13-3-5-15(6-4-13)11-21-20(24)17-9-16-10-18(22-14(2)23)7-8-19(16)25-12-17/h3-8,10,17H,9,11-12H2,1-2H3,(H,21,24)(H,22,23)/t17-/m1/s1. The maximum atomic E-state index is 12.5. The number of hydrogen-bond donors (Lipinski definition) is 2. The number of fused-ring (bicyclic) bond motifs is 1. The topological polar surface area (TPSA) is 67.4 Å². The quantitative estimate of drug-likeness (QED) is 0.901. The molecule has 5 nitrogen and oxygen atoms in total. The smallest absolute Gasteiger partial charge is 0.227 e. The first-order valence-corrected chi connectivity index (χ1v) is 8.38. The van der Waals surface area contributed by atoms with E-state index in [4.69, 9.17) is 4.74 Å². The fourth-order valence-corrected chi connectivity index (χ4v) is 2.88.